The highest BCUT2D eigenvalue weighted by Gasteiger charge is 2.20. The Morgan fingerprint density at radius 3 is 2.35 bits per heavy atom. The molecule has 1 saturated heterocycles. The monoisotopic (exact) mass is 346 g/mol. The van der Waals surface area contributed by atoms with Gasteiger partial charge in [-0.3, -0.25) is 4.79 Å². The van der Waals surface area contributed by atoms with Crippen LogP contribution in [0.25, 0.3) is 0 Å². The van der Waals surface area contributed by atoms with Gasteiger partial charge in [-0.05, 0) is 32.1 Å². The number of amides is 3. The number of likely N-dealkylation sites (tertiary alicyclic amines) is 1. The number of rotatable bonds is 5. The molecule has 134 valence electrons. The number of urea groups is 1. The fraction of sp³-hybridized carbons (Fsp3) is 0.875. The van der Waals surface area contributed by atoms with Crippen LogP contribution in [-0.2, 0) is 4.79 Å². The summed E-state index contributed by atoms with van der Waals surface area (Å²) in [7, 11) is 0. The average molecular weight is 347 g/mol. The van der Waals surface area contributed by atoms with Gasteiger partial charge < -0.3 is 21.3 Å². The highest BCUT2D eigenvalue weighted by molar-refractivity contribution is 5.85. The van der Waals surface area contributed by atoms with Crippen LogP contribution in [0, 0.1) is 0 Å². The third-order valence-electron chi connectivity index (χ3n) is 4.69. The summed E-state index contributed by atoms with van der Waals surface area (Å²) in [6.45, 7) is 2.10. The van der Waals surface area contributed by atoms with Crippen molar-refractivity contribution in [3.63, 3.8) is 0 Å². The summed E-state index contributed by atoms with van der Waals surface area (Å²) in [5, 5.41) is 5.87. The minimum atomic E-state index is -0.0942. The number of hydrogen-bond donors (Lipinski definition) is 3. The minimum Gasteiger partial charge on any atom is -0.343 e. The van der Waals surface area contributed by atoms with Crippen molar-refractivity contribution in [1.82, 2.24) is 15.5 Å². The number of halogens is 1. The predicted octanol–water partition coefficient (Wildman–Crippen LogP) is 1.77. The van der Waals surface area contributed by atoms with Crippen molar-refractivity contribution in [2.75, 3.05) is 19.6 Å². The second kappa shape index (κ2) is 10.7. The zero-order valence-electron chi connectivity index (χ0n) is 13.9. The van der Waals surface area contributed by atoms with Crippen LogP contribution in [0.5, 0.6) is 0 Å². The Balaban J connectivity index is 0.00000264. The number of nitrogens with two attached hydrogens (primary N) is 1. The maximum Gasteiger partial charge on any atom is 0.315 e. The van der Waals surface area contributed by atoms with Gasteiger partial charge in [0.1, 0.15) is 0 Å². The summed E-state index contributed by atoms with van der Waals surface area (Å²) in [6.07, 6.45) is 8.85. The van der Waals surface area contributed by atoms with Crippen LogP contribution in [0.4, 0.5) is 4.79 Å². The molecule has 23 heavy (non-hydrogen) atoms. The number of carbonyl (C=O) groups excluding carboxylic acids is 2. The second-order valence-corrected chi connectivity index (χ2v) is 6.56. The average Bonchev–Trinajstić information content (AvgIpc) is 2.53. The van der Waals surface area contributed by atoms with Gasteiger partial charge in [0.05, 0.1) is 0 Å². The molecule has 4 N–H and O–H groups in total. The largest absolute Gasteiger partial charge is 0.343 e. The van der Waals surface area contributed by atoms with E-state index in [-0.39, 0.29) is 30.4 Å². The summed E-state index contributed by atoms with van der Waals surface area (Å²) in [5.41, 5.74) is 5.84. The van der Waals surface area contributed by atoms with Crippen LogP contribution >= 0.6 is 12.4 Å². The van der Waals surface area contributed by atoms with Gasteiger partial charge in [0, 0.05) is 38.1 Å². The third kappa shape index (κ3) is 7.40. The molecule has 2 aliphatic rings. The molecule has 1 heterocycles. The van der Waals surface area contributed by atoms with E-state index in [4.69, 9.17) is 5.73 Å². The van der Waals surface area contributed by atoms with E-state index >= 15 is 0 Å². The quantitative estimate of drug-likeness (QED) is 0.663. The van der Waals surface area contributed by atoms with Crippen molar-refractivity contribution in [2.45, 2.75) is 69.9 Å². The Bertz CT molecular complexity index is 367. The molecule has 0 aromatic carbocycles. The van der Waals surface area contributed by atoms with E-state index in [1.54, 1.807) is 0 Å². The van der Waals surface area contributed by atoms with E-state index in [9.17, 15) is 9.59 Å². The highest BCUT2D eigenvalue weighted by atomic mass is 35.5. The molecule has 0 aromatic rings. The molecule has 1 aliphatic heterocycles. The number of piperidine rings is 1. The molecule has 2 rings (SSSR count). The van der Waals surface area contributed by atoms with E-state index in [1.165, 1.54) is 19.3 Å². The number of hydrogen-bond acceptors (Lipinski definition) is 3. The first kappa shape index (κ1) is 20.0. The number of nitrogens with one attached hydrogen (secondary N) is 2. The van der Waals surface area contributed by atoms with Gasteiger partial charge in [-0.1, -0.05) is 19.3 Å². The zero-order valence-corrected chi connectivity index (χ0v) is 14.7. The summed E-state index contributed by atoms with van der Waals surface area (Å²) in [4.78, 5) is 25.7. The number of carbonyl (C=O) groups is 2. The lowest BCUT2D eigenvalue weighted by Gasteiger charge is -2.30. The second-order valence-electron chi connectivity index (χ2n) is 6.56. The standard InChI is InChI=1S/C16H30N4O2.ClH/c17-13-8-11-20(12-9-13)15(21)7-4-10-18-16(22)19-14-5-2-1-3-6-14;/h13-14H,1-12,17H2,(H2,18,19,22);1H. The van der Waals surface area contributed by atoms with Gasteiger partial charge in [-0.25, -0.2) is 4.79 Å². The summed E-state index contributed by atoms with van der Waals surface area (Å²) in [5.74, 6) is 0.182. The van der Waals surface area contributed by atoms with E-state index < -0.39 is 0 Å². The lowest BCUT2D eigenvalue weighted by molar-refractivity contribution is -0.132. The van der Waals surface area contributed by atoms with Gasteiger partial charge in [0.2, 0.25) is 5.91 Å². The molecule has 0 atom stereocenters. The molecule has 1 aliphatic carbocycles. The van der Waals surface area contributed by atoms with E-state index in [2.05, 4.69) is 10.6 Å². The maximum absolute atomic E-state index is 12.0. The first-order chi connectivity index (χ1) is 10.6. The summed E-state index contributed by atoms with van der Waals surface area (Å²) in [6, 6.07) is 0.477. The van der Waals surface area contributed by atoms with Crippen molar-refractivity contribution in [1.29, 1.82) is 0 Å². The Hall–Kier alpha value is -1.01. The minimum absolute atomic E-state index is 0. The molecule has 0 aromatic heterocycles. The molecule has 1 saturated carbocycles. The van der Waals surface area contributed by atoms with Crippen LogP contribution < -0.4 is 16.4 Å². The fourth-order valence-corrected chi connectivity index (χ4v) is 3.23. The highest BCUT2D eigenvalue weighted by Crippen LogP contribution is 2.17. The van der Waals surface area contributed by atoms with Crippen molar-refractivity contribution in [2.24, 2.45) is 5.73 Å². The van der Waals surface area contributed by atoms with Crippen LogP contribution in [-0.4, -0.2) is 48.6 Å². The molecule has 0 bridgehead atoms. The van der Waals surface area contributed by atoms with Gasteiger partial charge in [-0.15, -0.1) is 12.4 Å². The Kier molecular flexibility index (Phi) is 9.33. The fourth-order valence-electron chi connectivity index (χ4n) is 3.23. The first-order valence-corrected chi connectivity index (χ1v) is 8.73. The predicted molar refractivity (Wildman–Crippen MR) is 93.7 cm³/mol. The van der Waals surface area contributed by atoms with Crippen LogP contribution in [0.1, 0.15) is 57.8 Å². The molecule has 2 fully saturated rings. The third-order valence-corrected chi connectivity index (χ3v) is 4.69. The summed E-state index contributed by atoms with van der Waals surface area (Å²) >= 11 is 0. The lowest BCUT2D eigenvalue weighted by Crippen LogP contribution is -2.44. The molecular weight excluding hydrogens is 316 g/mol. The normalized spacial score (nSPS) is 19.8. The summed E-state index contributed by atoms with van der Waals surface area (Å²) < 4.78 is 0. The SMILES string of the molecule is Cl.NC1CCN(C(=O)CCCNC(=O)NC2CCCCC2)CC1. The van der Waals surface area contributed by atoms with Gasteiger partial charge in [-0.2, -0.15) is 0 Å². The Morgan fingerprint density at radius 1 is 1.04 bits per heavy atom. The van der Waals surface area contributed by atoms with E-state index in [0.29, 0.717) is 25.4 Å². The lowest BCUT2D eigenvalue weighted by atomic mass is 9.96. The molecule has 0 unspecified atom stereocenters. The molecule has 3 amide bonds. The zero-order chi connectivity index (χ0) is 15.8. The molecule has 0 radical (unpaired) electrons. The molecule has 0 spiro atoms. The van der Waals surface area contributed by atoms with E-state index in [1.807, 2.05) is 4.90 Å². The van der Waals surface area contributed by atoms with Crippen LogP contribution in [0.15, 0.2) is 0 Å². The molecule has 7 heteroatoms. The van der Waals surface area contributed by atoms with Crippen molar-refractivity contribution >= 4 is 24.3 Å². The Morgan fingerprint density at radius 2 is 1.70 bits per heavy atom. The van der Waals surface area contributed by atoms with Gasteiger partial charge in [0.15, 0.2) is 0 Å². The van der Waals surface area contributed by atoms with Crippen molar-refractivity contribution in [3.05, 3.63) is 0 Å². The van der Waals surface area contributed by atoms with Crippen LogP contribution in [0.3, 0.4) is 0 Å². The first-order valence-electron chi connectivity index (χ1n) is 8.73. The molecule has 6 nitrogen and oxygen atoms in total. The maximum atomic E-state index is 12.0. The van der Waals surface area contributed by atoms with Gasteiger partial charge in [0.25, 0.3) is 0 Å². The van der Waals surface area contributed by atoms with E-state index in [0.717, 1.165) is 38.8 Å². The van der Waals surface area contributed by atoms with Gasteiger partial charge >= 0.3 is 6.03 Å². The van der Waals surface area contributed by atoms with Crippen molar-refractivity contribution in [3.8, 4) is 0 Å². The Labute approximate surface area is 145 Å². The number of nitrogens with zero attached hydrogens (tertiary/aromatic N) is 1. The smallest absolute Gasteiger partial charge is 0.315 e. The van der Waals surface area contributed by atoms with Crippen LogP contribution in [0.2, 0.25) is 0 Å². The topological polar surface area (TPSA) is 87.5 Å². The van der Waals surface area contributed by atoms with Crippen molar-refractivity contribution < 1.29 is 9.59 Å². The molecular formula is C16H31ClN4O2.